The Balaban J connectivity index is 1.73. The van der Waals surface area contributed by atoms with Crippen molar-refractivity contribution in [1.29, 1.82) is 0 Å². The van der Waals surface area contributed by atoms with Gasteiger partial charge < -0.3 is 15.7 Å². The molecule has 5 heteroatoms. The van der Waals surface area contributed by atoms with E-state index in [1.165, 1.54) is 0 Å². The van der Waals surface area contributed by atoms with Crippen molar-refractivity contribution in [2.24, 2.45) is 0 Å². The number of aryl methyl sites for hydroxylation is 1. The summed E-state index contributed by atoms with van der Waals surface area (Å²) < 4.78 is 0. The van der Waals surface area contributed by atoms with Crippen LogP contribution in [0.15, 0.2) is 79.5 Å². The second-order valence-electron chi connectivity index (χ2n) is 7.01. The van der Waals surface area contributed by atoms with E-state index >= 15 is 0 Å². The molecule has 32 heavy (non-hydrogen) atoms. The minimum atomic E-state index is -0.235. The monoisotopic (exact) mass is 423 g/mol. The molecule has 0 bridgehead atoms. The average Bonchev–Trinajstić information content (AvgIpc) is 2.81. The Kier molecular flexibility index (Phi) is 7.96. The summed E-state index contributed by atoms with van der Waals surface area (Å²) in [6, 6.07) is 19.1. The zero-order valence-corrected chi connectivity index (χ0v) is 17.9. The Bertz CT molecular complexity index is 1190. The number of carbonyl (C=O) groups excluding carboxylic acids is 1. The second kappa shape index (κ2) is 11.3. The normalized spacial score (nSPS) is 10.3. The van der Waals surface area contributed by atoms with Gasteiger partial charge in [-0.25, -0.2) is 0 Å². The number of anilines is 2. The topological polar surface area (TPSA) is 74.2 Å². The van der Waals surface area contributed by atoms with E-state index in [2.05, 4.69) is 34.0 Å². The largest absolute Gasteiger partial charge is 0.384 e. The maximum absolute atomic E-state index is 12.5. The molecule has 5 nitrogen and oxygen atoms in total. The molecule has 3 aromatic rings. The van der Waals surface area contributed by atoms with Crippen molar-refractivity contribution >= 4 is 28.9 Å². The minimum Gasteiger partial charge on any atom is -0.384 e. The van der Waals surface area contributed by atoms with E-state index in [-0.39, 0.29) is 19.1 Å². The number of hydrogen-bond acceptors (Lipinski definition) is 4. The van der Waals surface area contributed by atoms with Crippen LogP contribution in [0.5, 0.6) is 0 Å². The van der Waals surface area contributed by atoms with Crippen LogP contribution < -0.4 is 10.6 Å². The van der Waals surface area contributed by atoms with E-state index in [0.717, 1.165) is 28.1 Å². The van der Waals surface area contributed by atoms with Crippen molar-refractivity contribution in [2.45, 2.75) is 6.92 Å². The fourth-order valence-corrected chi connectivity index (χ4v) is 3.14. The van der Waals surface area contributed by atoms with Crippen molar-refractivity contribution in [3.8, 4) is 11.8 Å². The number of benzene rings is 2. The second-order valence-corrected chi connectivity index (χ2v) is 7.01. The lowest BCUT2D eigenvalue weighted by Gasteiger charge is -2.14. The summed E-state index contributed by atoms with van der Waals surface area (Å²) in [5, 5.41) is 14.8. The third-order valence-electron chi connectivity index (χ3n) is 4.71. The molecular weight excluding hydrogens is 398 g/mol. The van der Waals surface area contributed by atoms with Crippen molar-refractivity contribution < 1.29 is 9.90 Å². The molecule has 1 amide bonds. The van der Waals surface area contributed by atoms with Gasteiger partial charge >= 0.3 is 0 Å². The van der Waals surface area contributed by atoms with Gasteiger partial charge in [0.15, 0.2) is 0 Å². The summed E-state index contributed by atoms with van der Waals surface area (Å²) in [5.41, 5.74) is 5.95. The van der Waals surface area contributed by atoms with Crippen molar-refractivity contribution in [2.75, 3.05) is 18.5 Å². The summed E-state index contributed by atoms with van der Waals surface area (Å²) in [5.74, 6) is 4.95. The standard InChI is InChI=1S/C27H25N3O2/c1-20(12-13-22-9-5-6-16-28-22)24-15-14-23(19-21(24)2)30-26-11-4-3-10-25(26)27(32)29-17-7-8-18-31/h3-6,9-16,19,30-31H,1,17-18H2,2H3,(H,29,32)/b13-12+. The molecule has 0 unspecified atom stereocenters. The van der Waals surface area contributed by atoms with Gasteiger partial charge in [-0.1, -0.05) is 48.8 Å². The number of nitrogens with zero attached hydrogens (tertiary/aromatic N) is 1. The smallest absolute Gasteiger partial charge is 0.254 e. The van der Waals surface area contributed by atoms with Gasteiger partial charge in [-0.15, -0.1) is 0 Å². The van der Waals surface area contributed by atoms with Crippen molar-refractivity contribution in [3.63, 3.8) is 0 Å². The molecule has 3 rings (SSSR count). The molecule has 0 spiro atoms. The number of aliphatic hydroxyl groups excluding tert-OH is 1. The first kappa shape index (κ1) is 22.5. The van der Waals surface area contributed by atoms with Crippen LogP contribution in [0.3, 0.4) is 0 Å². The molecule has 2 aromatic carbocycles. The molecule has 0 radical (unpaired) electrons. The summed E-state index contributed by atoms with van der Waals surface area (Å²) in [4.78, 5) is 16.8. The highest BCUT2D eigenvalue weighted by atomic mass is 16.2. The number of amides is 1. The third-order valence-corrected chi connectivity index (χ3v) is 4.71. The maximum atomic E-state index is 12.5. The van der Waals surface area contributed by atoms with Crippen LogP contribution in [0.4, 0.5) is 11.4 Å². The molecule has 160 valence electrons. The number of aliphatic hydroxyl groups is 1. The Labute approximate surface area is 188 Å². The number of aromatic nitrogens is 1. The fraction of sp³-hybridized carbons (Fsp3) is 0.111. The number of rotatable bonds is 7. The van der Waals surface area contributed by atoms with E-state index in [0.29, 0.717) is 11.3 Å². The van der Waals surface area contributed by atoms with Crippen molar-refractivity contribution in [1.82, 2.24) is 10.3 Å². The van der Waals surface area contributed by atoms with E-state index in [4.69, 9.17) is 5.11 Å². The zero-order chi connectivity index (χ0) is 22.8. The molecule has 0 atom stereocenters. The number of para-hydroxylation sites is 1. The lowest BCUT2D eigenvalue weighted by atomic mass is 10.0. The molecule has 0 saturated heterocycles. The lowest BCUT2D eigenvalue weighted by Crippen LogP contribution is -2.24. The number of pyridine rings is 1. The molecule has 0 saturated carbocycles. The molecule has 0 aliphatic heterocycles. The SMILES string of the molecule is C=C(/C=C/c1ccccn1)c1ccc(Nc2ccccc2C(=O)NCC#CCO)cc1C. The predicted octanol–water partition coefficient (Wildman–Crippen LogP) is 4.59. The summed E-state index contributed by atoms with van der Waals surface area (Å²) in [6.07, 6.45) is 5.65. The Morgan fingerprint density at radius 2 is 1.91 bits per heavy atom. The first-order valence-electron chi connectivity index (χ1n) is 10.2. The van der Waals surface area contributed by atoms with Crippen LogP contribution in [-0.2, 0) is 0 Å². The molecular formula is C27H25N3O2. The first-order valence-corrected chi connectivity index (χ1v) is 10.2. The Hall–Kier alpha value is -4.14. The van der Waals surface area contributed by atoms with Crippen LogP contribution in [0, 0.1) is 18.8 Å². The van der Waals surface area contributed by atoms with Gasteiger partial charge in [-0.05, 0) is 66.1 Å². The highest BCUT2D eigenvalue weighted by Gasteiger charge is 2.11. The van der Waals surface area contributed by atoms with Crippen LogP contribution in [-0.4, -0.2) is 29.1 Å². The summed E-state index contributed by atoms with van der Waals surface area (Å²) in [6.45, 7) is 6.15. The number of carbonyl (C=O) groups is 1. The van der Waals surface area contributed by atoms with E-state index in [9.17, 15) is 4.79 Å². The van der Waals surface area contributed by atoms with Gasteiger partial charge in [0.05, 0.1) is 23.5 Å². The molecule has 3 N–H and O–H groups in total. The van der Waals surface area contributed by atoms with Crippen molar-refractivity contribution in [3.05, 3.63) is 102 Å². The summed E-state index contributed by atoms with van der Waals surface area (Å²) in [7, 11) is 0. The van der Waals surface area contributed by atoms with Crippen LogP contribution in [0.25, 0.3) is 11.6 Å². The Morgan fingerprint density at radius 3 is 2.66 bits per heavy atom. The fourth-order valence-electron chi connectivity index (χ4n) is 3.14. The number of allylic oxidation sites excluding steroid dienone is 2. The molecule has 1 heterocycles. The van der Waals surface area contributed by atoms with Gasteiger partial charge in [-0.3, -0.25) is 9.78 Å². The van der Waals surface area contributed by atoms with E-state index in [1.54, 1.807) is 12.3 Å². The highest BCUT2D eigenvalue weighted by Crippen LogP contribution is 2.26. The molecule has 1 aromatic heterocycles. The van der Waals surface area contributed by atoms with Gasteiger partial charge in [-0.2, -0.15) is 0 Å². The predicted molar refractivity (Wildman–Crippen MR) is 130 cm³/mol. The average molecular weight is 424 g/mol. The highest BCUT2D eigenvalue weighted by molar-refractivity contribution is 6.00. The first-order chi connectivity index (χ1) is 15.6. The summed E-state index contributed by atoms with van der Waals surface area (Å²) >= 11 is 0. The van der Waals surface area contributed by atoms with E-state index < -0.39 is 0 Å². The Morgan fingerprint density at radius 1 is 1.09 bits per heavy atom. The minimum absolute atomic E-state index is 0.176. The van der Waals surface area contributed by atoms with Gasteiger partial charge in [0, 0.05) is 11.9 Å². The zero-order valence-electron chi connectivity index (χ0n) is 17.9. The van der Waals surface area contributed by atoms with Gasteiger partial charge in [0.2, 0.25) is 0 Å². The van der Waals surface area contributed by atoms with Crippen LogP contribution in [0.1, 0.15) is 27.2 Å². The molecule has 0 aliphatic carbocycles. The number of hydrogen-bond donors (Lipinski definition) is 3. The van der Waals surface area contributed by atoms with E-state index in [1.807, 2.05) is 73.7 Å². The van der Waals surface area contributed by atoms with Crippen LogP contribution in [0.2, 0.25) is 0 Å². The quantitative estimate of drug-likeness (QED) is 0.384. The number of nitrogens with one attached hydrogen (secondary N) is 2. The molecule has 0 aliphatic rings. The van der Waals surface area contributed by atoms with Crippen LogP contribution >= 0.6 is 0 Å². The molecule has 0 fully saturated rings. The van der Waals surface area contributed by atoms with Gasteiger partial charge in [0.1, 0.15) is 6.61 Å². The lowest BCUT2D eigenvalue weighted by molar-refractivity contribution is 0.0959. The third kappa shape index (κ3) is 6.18. The maximum Gasteiger partial charge on any atom is 0.254 e. The van der Waals surface area contributed by atoms with Gasteiger partial charge in [0.25, 0.3) is 5.91 Å².